The van der Waals surface area contributed by atoms with Crippen LogP contribution in [-0.4, -0.2) is 173 Å². The Morgan fingerprint density at radius 1 is 0.403 bits per heavy atom. The number of hydrogen-bond acceptors (Lipinski definition) is 19. The van der Waals surface area contributed by atoms with E-state index in [1.807, 2.05) is 126 Å². The standard InChI is InChI=1S/C31H45N3O2S2Si.C25H31N3O2S2.C22H24BrN3O2S.C22H25N3O2S2/c1-19(2)39(20(3)4,21(5)6)38-26-18-23-22(17-24(26)36-11)14-15-34-28(23)27(25-13-12-16-37-25)32-29(34)30(35)33(10)31(7,8)9;1-15(2)32-20-14-17-16(13-18(20)30-7)10-11-28-22(17)21(19-9-8-12-31-19)26-23(28)24(29)27(6)25(3,4)5;1-22(2,3)25(4)21(27)20-24-18(17-7-6-10-29-17)19-14-12-15(23)16(28-5)11-13(14)8-9-26(19)20;1-22(2,3)24(4)21(26)20-23-18(17-7-6-10-29-17)19-14-12-16(28)15(27-5)11-13(14)8-9-25(19)20/h12-13,16-21H,14-15H2,1-11H3;8-9,12-15H,10-11H2,1-7H3;6-7,10-12H,8-9H2,1-5H3;6-7,10-12,28H,8-9H2,1-5H3. The lowest BCUT2D eigenvalue weighted by molar-refractivity contribution is 0.0629. The van der Waals surface area contributed by atoms with E-state index in [1.54, 1.807) is 105 Å². The Balaban J connectivity index is 0.000000148. The molecule has 4 aromatic carbocycles. The number of hydrogen-bond donors (Lipinski definition) is 1. The molecule has 20 nitrogen and oxygen atoms in total. The van der Waals surface area contributed by atoms with Crippen LogP contribution < -0.4 is 18.9 Å². The number of aromatic nitrogens is 8. The fraction of sp³-hybridized carbons (Fsp3) is 0.440. The first-order valence-electron chi connectivity index (χ1n) is 44.0. The number of imidazole rings is 4. The van der Waals surface area contributed by atoms with E-state index in [0.29, 0.717) is 58.3 Å². The molecule has 0 saturated carbocycles. The van der Waals surface area contributed by atoms with Crippen LogP contribution in [0.4, 0.5) is 0 Å². The topological polar surface area (TPSA) is 189 Å². The van der Waals surface area contributed by atoms with Crippen LogP contribution in [0.1, 0.15) is 203 Å². The van der Waals surface area contributed by atoms with Crippen LogP contribution in [-0.2, 0) is 51.9 Å². The third-order valence-corrected chi connectivity index (χ3v) is 43.0. The molecule has 686 valence electrons. The third-order valence-electron chi connectivity index (χ3n) is 25.3. The average Bonchev–Trinajstić information content (AvgIpc) is 1.61. The molecular weight excluding hydrogens is 1830 g/mol. The van der Waals surface area contributed by atoms with Crippen LogP contribution in [0.5, 0.6) is 23.0 Å². The summed E-state index contributed by atoms with van der Waals surface area (Å²) in [7, 11) is 12.4. The van der Waals surface area contributed by atoms with Crippen molar-refractivity contribution in [3.8, 4) is 110 Å². The van der Waals surface area contributed by atoms with E-state index in [2.05, 4.69) is 218 Å². The quantitative estimate of drug-likeness (QED) is 0.0457. The highest BCUT2D eigenvalue weighted by Gasteiger charge is 2.46. The highest BCUT2D eigenvalue weighted by Crippen LogP contribution is 2.56. The van der Waals surface area contributed by atoms with E-state index in [-0.39, 0.29) is 45.8 Å². The molecule has 0 bridgehead atoms. The minimum absolute atomic E-state index is 0.0380. The maximum atomic E-state index is 13.8. The molecular formula is C100H125BrN12O8S7Si. The molecule has 8 aromatic heterocycles. The van der Waals surface area contributed by atoms with Gasteiger partial charge in [0.1, 0.15) is 53.0 Å². The highest BCUT2D eigenvalue weighted by atomic mass is 79.9. The molecule has 16 rings (SSSR count). The smallest absolute Gasteiger partial charge is 0.290 e. The number of aryl methyl sites for hydroxylation is 4. The van der Waals surface area contributed by atoms with Gasteiger partial charge in [0.2, 0.25) is 0 Å². The minimum Gasteiger partial charge on any atom is -0.496 e. The average molecular weight is 1960 g/mol. The fourth-order valence-electron chi connectivity index (χ4n) is 17.2. The Labute approximate surface area is 801 Å². The van der Waals surface area contributed by atoms with Crippen molar-refractivity contribution in [1.29, 1.82) is 0 Å². The molecule has 29 heteroatoms. The van der Waals surface area contributed by atoms with E-state index < -0.39 is 7.22 Å². The minimum atomic E-state index is -1.81. The molecule has 0 radical (unpaired) electrons. The highest BCUT2D eigenvalue weighted by molar-refractivity contribution is 9.10. The summed E-state index contributed by atoms with van der Waals surface area (Å²) in [6, 6.07) is 33.6. The first-order valence-corrected chi connectivity index (χ1v) is 53.5. The summed E-state index contributed by atoms with van der Waals surface area (Å²) >= 11 is 18.7. The molecule has 4 aliphatic heterocycles. The molecule has 12 heterocycles. The Kier molecular flexibility index (Phi) is 29.5. The predicted molar refractivity (Wildman–Crippen MR) is 545 cm³/mol. The van der Waals surface area contributed by atoms with Gasteiger partial charge in [-0.3, -0.25) is 19.2 Å². The number of methoxy groups -OCH3 is 4. The van der Waals surface area contributed by atoms with E-state index in [1.165, 1.54) is 32.7 Å². The van der Waals surface area contributed by atoms with Gasteiger partial charge in [-0.05, 0) is 258 Å². The van der Waals surface area contributed by atoms with Crippen LogP contribution in [0, 0.1) is 0 Å². The number of amides is 4. The third kappa shape index (κ3) is 19.5. The molecule has 0 unspecified atom stereocenters. The van der Waals surface area contributed by atoms with Gasteiger partial charge in [-0.2, -0.15) is 0 Å². The van der Waals surface area contributed by atoms with Crippen LogP contribution in [0.2, 0.25) is 16.6 Å². The van der Waals surface area contributed by atoms with Crippen molar-refractivity contribution in [2.45, 2.75) is 249 Å². The van der Waals surface area contributed by atoms with Gasteiger partial charge < -0.3 is 56.8 Å². The lowest BCUT2D eigenvalue weighted by Crippen LogP contribution is -2.43. The second-order valence-electron chi connectivity index (χ2n) is 38.4. The number of halogens is 1. The van der Waals surface area contributed by atoms with Crippen LogP contribution >= 0.6 is 96.9 Å². The Hall–Kier alpha value is -8.65. The van der Waals surface area contributed by atoms with Gasteiger partial charge in [-0.1, -0.05) is 79.7 Å². The van der Waals surface area contributed by atoms with Crippen molar-refractivity contribution < 1.29 is 38.1 Å². The van der Waals surface area contributed by atoms with Gasteiger partial charge in [-0.15, -0.1) is 80.9 Å². The van der Waals surface area contributed by atoms with Crippen molar-refractivity contribution in [2.75, 3.05) is 56.6 Å². The number of nitrogens with zero attached hydrogens (tertiary/aromatic N) is 12. The lowest BCUT2D eigenvalue weighted by Gasteiger charge is -2.42. The molecule has 0 saturated heterocycles. The number of thioether (sulfide) groups is 1. The Morgan fingerprint density at radius 3 is 0.930 bits per heavy atom. The largest absolute Gasteiger partial charge is 0.496 e. The molecule has 0 atom stereocenters. The van der Waals surface area contributed by atoms with Crippen LogP contribution in [0.3, 0.4) is 0 Å². The SMILES string of the molecule is COc1cc2c(cc1Br)-c1c(-c3cccs3)nc(C(=O)N(C)C(C)(C)C)n1CC2.COc1cc2c(cc1S)-c1c(-c3cccs3)nc(C(=O)N(C)C(C)(C)C)n1CC2.COc1cc2c(cc1SC(C)C)-c1c(-c3cccs3)nc(C(=O)N(C)C(C)(C)C)n1CC2.COc1cc2c(cc1S[Si](C(C)C)(C(C)C)C(C)C)-c1c(-c3cccs3)nc(C(=O)N(C)C(C)(C)C)n1CC2. The summed E-state index contributed by atoms with van der Waals surface area (Å²) in [6.07, 6.45) is 3.31. The molecule has 4 amide bonds. The summed E-state index contributed by atoms with van der Waals surface area (Å²) < 4.78 is 32.0. The van der Waals surface area contributed by atoms with Gasteiger partial charge >= 0.3 is 0 Å². The number of thiol groups is 1. The number of carbonyl (C=O) groups excluding carboxylic acids is 4. The first-order chi connectivity index (χ1) is 60.8. The van der Waals surface area contributed by atoms with E-state index in [0.717, 1.165) is 158 Å². The second kappa shape index (κ2) is 38.9. The van der Waals surface area contributed by atoms with Gasteiger partial charge in [-0.25, -0.2) is 19.9 Å². The first kappa shape index (κ1) is 97.9. The Morgan fingerprint density at radius 2 is 0.667 bits per heavy atom. The molecule has 12 aromatic rings. The van der Waals surface area contributed by atoms with Crippen molar-refractivity contribution in [1.82, 2.24) is 57.8 Å². The summed E-state index contributed by atoms with van der Waals surface area (Å²) in [6.45, 7) is 46.1. The summed E-state index contributed by atoms with van der Waals surface area (Å²) in [5.41, 5.74) is 17.7. The van der Waals surface area contributed by atoms with Crippen molar-refractivity contribution in [3.63, 3.8) is 0 Å². The monoisotopic (exact) mass is 1950 g/mol. The lowest BCUT2D eigenvalue weighted by atomic mass is 9.96. The summed E-state index contributed by atoms with van der Waals surface area (Å²) in [5.74, 6) is 5.28. The molecule has 0 spiro atoms. The summed E-state index contributed by atoms with van der Waals surface area (Å²) in [4.78, 5) is 88.2. The Bertz CT molecular complexity index is 5920. The van der Waals surface area contributed by atoms with Crippen molar-refractivity contribution in [3.05, 3.63) is 169 Å². The van der Waals surface area contributed by atoms with Crippen molar-refractivity contribution >= 4 is 128 Å². The van der Waals surface area contributed by atoms with Crippen LogP contribution in [0.25, 0.3) is 87.3 Å². The number of rotatable bonds is 19. The maximum absolute atomic E-state index is 13.8. The second-order valence-corrected chi connectivity index (χ2v) is 53.7. The van der Waals surface area contributed by atoms with E-state index in [4.69, 9.17) is 38.9 Å². The predicted octanol–water partition coefficient (Wildman–Crippen LogP) is 25.7. The fourth-order valence-corrected chi connectivity index (χ4v) is 31.1. The zero-order chi connectivity index (χ0) is 93.9. The van der Waals surface area contributed by atoms with Crippen LogP contribution in [0.15, 0.2) is 138 Å². The molecule has 0 N–H and O–H groups in total. The molecule has 129 heavy (non-hydrogen) atoms. The molecule has 0 fully saturated rings. The van der Waals surface area contributed by atoms with E-state index in [9.17, 15) is 19.2 Å². The maximum Gasteiger partial charge on any atom is 0.290 e. The van der Waals surface area contributed by atoms with Gasteiger partial charge in [0.15, 0.2) is 23.3 Å². The number of carbonyl (C=O) groups is 4. The van der Waals surface area contributed by atoms with Gasteiger partial charge in [0.25, 0.3) is 23.6 Å². The van der Waals surface area contributed by atoms with E-state index >= 15 is 0 Å². The van der Waals surface area contributed by atoms with Crippen molar-refractivity contribution in [2.24, 2.45) is 0 Å². The molecule has 4 aliphatic rings. The number of fused-ring (bicyclic) bond motifs is 12. The van der Waals surface area contributed by atoms with Gasteiger partial charge in [0, 0.05) is 114 Å². The zero-order valence-electron chi connectivity index (χ0n) is 79.9. The normalized spacial score (nSPS) is 13.3. The molecule has 0 aliphatic carbocycles. The number of thiophene rings is 4. The zero-order valence-corrected chi connectivity index (χ0v) is 88.3. The summed E-state index contributed by atoms with van der Waals surface area (Å²) in [5, 5.41) is 8.64. The number of ether oxygens (including phenoxy) is 4. The number of benzene rings is 4. The van der Waals surface area contributed by atoms with Gasteiger partial charge in [0.05, 0.1) is 80.1 Å².